The van der Waals surface area contributed by atoms with E-state index in [0.29, 0.717) is 38.6 Å². The van der Waals surface area contributed by atoms with Gasteiger partial charge in [0.25, 0.3) is 0 Å². The summed E-state index contributed by atoms with van der Waals surface area (Å²) in [6.45, 7) is 4.87. The number of nitrogens with two attached hydrogens (primary N) is 1. The number of allylic oxidation sites excluding steroid dienone is 1. The third-order valence-electron chi connectivity index (χ3n) is 8.32. The van der Waals surface area contributed by atoms with Gasteiger partial charge < -0.3 is 20.9 Å². The lowest BCUT2D eigenvalue weighted by atomic mass is 10.0. The van der Waals surface area contributed by atoms with Crippen LogP contribution in [0, 0.1) is 0 Å². The quantitative estimate of drug-likeness (QED) is 0.0381. The lowest BCUT2D eigenvalue weighted by Crippen LogP contribution is -2.40. The van der Waals surface area contributed by atoms with Crippen LogP contribution in [-0.4, -0.2) is 41.6 Å². The van der Waals surface area contributed by atoms with Gasteiger partial charge in [-0.3, -0.25) is 9.59 Å². The van der Waals surface area contributed by atoms with Crippen LogP contribution in [0.3, 0.4) is 0 Å². The minimum Gasteiger partial charge on any atom is -0.480 e. The first-order valence-corrected chi connectivity index (χ1v) is 18.5. The first kappa shape index (κ1) is 42.1. The monoisotopic (exact) mass is 623 g/mol. The van der Waals surface area contributed by atoms with Crippen LogP contribution >= 0.6 is 0 Å². The van der Waals surface area contributed by atoms with Crippen LogP contribution in [0.2, 0.25) is 0 Å². The highest BCUT2D eigenvalue weighted by atomic mass is 16.5. The van der Waals surface area contributed by atoms with Gasteiger partial charge in [0.05, 0.1) is 0 Å². The molecule has 258 valence electrons. The number of esters is 1. The first-order chi connectivity index (χ1) is 21.4. The second kappa shape index (κ2) is 32.5. The fraction of sp³-hybridized carbons (Fsp3) is 0.865. The highest BCUT2D eigenvalue weighted by molar-refractivity contribution is 5.83. The number of carboxylic acid groups (broad SMARTS) is 1. The second-order valence-corrected chi connectivity index (χ2v) is 12.6. The van der Waals surface area contributed by atoms with Crippen LogP contribution in [0.4, 0.5) is 0 Å². The van der Waals surface area contributed by atoms with Crippen molar-refractivity contribution in [1.82, 2.24) is 5.32 Å². The lowest BCUT2D eigenvalue weighted by molar-refractivity contribution is -0.147. The molecule has 0 aromatic carbocycles. The Bertz CT molecular complexity index is 712. The molecule has 7 nitrogen and oxygen atoms in total. The van der Waals surface area contributed by atoms with E-state index in [4.69, 9.17) is 10.5 Å². The smallest absolute Gasteiger partial charge is 0.326 e. The molecule has 2 atom stereocenters. The number of hydrogen-bond donors (Lipinski definition) is 3. The zero-order valence-corrected chi connectivity index (χ0v) is 28.8. The third kappa shape index (κ3) is 28.9. The van der Waals surface area contributed by atoms with E-state index in [1.165, 1.54) is 89.9 Å². The van der Waals surface area contributed by atoms with Gasteiger partial charge in [0.15, 0.2) is 0 Å². The normalized spacial score (nSPS) is 12.8. The number of carbonyl (C=O) groups is 3. The highest BCUT2D eigenvalue weighted by Gasteiger charge is 2.19. The average molecular weight is 623 g/mol. The minimum atomic E-state index is -1.01. The van der Waals surface area contributed by atoms with Crippen molar-refractivity contribution in [3.05, 3.63) is 12.2 Å². The number of carboxylic acids is 1. The maximum Gasteiger partial charge on any atom is 0.326 e. The Kier molecular flexibility index (Phi) is 31.1. The van der Waals surface area contributed by atoms with Gasteiger partial charge in [-0.2, -0.15) is 0 Å². The standard InChI is InChI=1S/C37H70N2O5/c1-3-5-7-9-10-11-12-13-14-15-16-17-19-25-31-36(41)44-33(27-22-18-8-6-4-2)28-23-20-21-24-30-35(40)39-34(37(42)43)29-26-32-38/h22,27,33-34H,3-21,23-26,28-32,38H2,1-2H3,(H,39,40)(H,42,43)/b27-22-. The molecule has 0 aromatic rings. The molecule has 0 bridgehead atoms. The Morgan fingerprint density at radius 3 is 1.70 bits per heavy atom. The predicted molar refractivity (Wildman–Crippen MR) is 184 cm³/mol. The molecule has 2 unspecified atom stereocenters. The largest absolute Gasteiger partial charge is 0.480 e. The van der Waals surface area contributed by atoms with E-state index in [9.17, 15) is 19.5 Å². The van der Waals surface area contributed by atoms with Gasteiger partial charge in [0.1, 0.15) is 12.1 Å². The SMILES string of the molecule is CCCCC/C=C\C(CCCCCCC(=O)NC(CCCN)C(=O)O)OC(=O)CCCCCCCCCCCCCCCC. The van der Waals surface area contributed by atoms with Crippen molar-refractivity contribution in [1.29, 1.82) is 0 Å². The van der Waals surface area contributed by atoms with Crippen LogP contribution in [-0.2, 0) is 19.1 Å². The first-order valence-electron chi connectivity index (χ1n) is 18.5. The fourth-order valence-corrected chi connectivity index (χ4v) is 5.48. The van der Waals surface area contributed by atoms with E-state index >= 15 is 0 Å². The third-order valence-corrected chi connectivity index (χ3v) is 8.32. The molecule has 0 saturated carbocycles. The Morgan fingerprint density at radius 2 is 1.16 bits per heavy atom. The predicted octanol–water partition coefficient (Wildman–Crippen LogP) is 9.55. The Balaban J connectivity index is 4.13. The second-order valence-electron chi connectivity index (χ2n) is 12.6. The molecule has 4 N–H and O–H groups in total. The highest BCUT2D eigenvalue weighted by Crippen LogP contribution is 2.16. The van der Waals surface area contributed by atoms with Gasteiger partial charge in [0, 0.05) is 12.8 Å². The summed E-state index contributed by atoms with van der Waals surface area (Å²) in [5, 5.41) is 11.9. The summed E-state index contributed by atoms with van der Waals surface area (Å²) in [6.07, 6.45) is 32.8. The number of rotatable bonds is 33. The Morgan fingerprint density at radius 1 is 0.659 bits per heavy atom. The van der Waals surface area contributed by atoms with Gasteiger partial charge in [-0.05, 0) is 64.0 Å². The van der Waals surface area contributed by atoms with Gasteiger partial charge in [-0.15, -0.1) is 0 Å². The molecular weight excluding hydrogens is 552 g/mol. The van der Waals surface area contributed by atoms with Crippen molar-refractivity contribution >= 4 is 17.8 Å². The van der Waals surface area contributed by atoms with E-state index < -0.39 is 12.0 Å². The van der Waals surface area contributed by atoms with Crippen LogP contribution in [0.15, 0.2) is 12.2 Å². The molecule has 0 spiro atoms. The van der Waals surface area contributed by atoms with E-state index in [0.717, 1.165) is 51.4 Å². The molecule has 0 rings (SSSR count). The average Bonchev–Trinajstić information content (AvgIpc) is 3.00. The minimum absolute atomic E-state index is 0.0913. The molecule has 0 radical (unpaired) electrons. The zero-order valence-electron chi connectivity index (χ0n) is 28.8. The summed E-state index contributed by atoms with van der Waals surface area (Å²) in [5.41, 5.74) is 5.46. The van der Waals surface area contributed by atoms with E-state index in [1.807, 2.05) is 0 Å². The maximum absolute atomic E-state index is 12.6. The summed E-state index contributed by atoms with van der Waals surface area (Å²) in [4.78, 5) is 36.0. The van der Waals surface area contributed by atoms with E-state index in [1.54, 1.807) is 0 Å². The molecule has 0 aliphatic rings. The molecule has 0 aliphatic heterocycles. The van der Waals surface area contributed by atoms with Crippen LogP contribution in [0.5, 0.6) is 0 Å². The summed E-state index contributed by atoms with van der Waals surface area (Å²) in [6, 6.07) is -0.866. The molecule has 0 aliphatic carbocycles. The fourth-order valence-electron chi connectivity index (χ4n) is 5.48. The van der Waals surface area contributed by atoms with Gasteiger partial charge in [-0.1, -0.05) is 129 Å². The van der Waals surface area contributed by atoms with Gasteiger partial charge >= 0.3 is 11.9 Å². The molecule has 0 heterocycles. The van der Waals surface area contributed by atoms with Crippen LogP contribution in [0.1, 0.15) is 187 Å². The zero-order chi connectivity index (χ0) is 32.5. The number of nitrogens with one attached hydrogen (secondary N) is 1. The molecular formula is C37H70N2O5. The van der Waals surface area contributed by atoms with Crippen molar-refractivity contribution in [3.8, 4) is 0 Å². The Hall–Kier alpha value is -1.89. The number of ether oxygens (including phenoxy) is 1. The number of unbranched alkanes of at least 4 members (excludes halogenated alkanes) is 19. The lowest BCUT2D eigenvalue weighted by Gasteiger charge is -2.15. The number of amides is 1. The molecule has 0 saturated heterocycles. The number of carbonyl (C=O) groups excluding carboxylic acids is 2. The summed E-state index contributed by atoms with van der Waals surface area (Å²) >= 11 is 0. The topological polar surface area (TPSA) is 119 Å². The van der Waals surface area contributed by atoms with Crippen LogP contribution in [0.25, 0.3) is 0 Å². The molecule has 0 fully saturated rings. The molecule has 1 amide bonds. The molecule has 0 aromatic heterocycles. The van der Waals surface area contributed by atoms with Crippen molar-refractivity contribution in [2.45, 2.75) is 199 Å². The maximum atomic E-state index is 12.6. The Labute approximate surface area is 270 Å². The van der Waals surface area contributed by atoms with Crippen LogP contribution < -0.4 is 11.1 Å². The molecule has 44 heavy (non-hydrogen) atoms. The number of hydrogen-bond acceptors (Lipinski definition) is 5. The summed E-state index contributed by atoms with van der Waals surface area (Å²) in [7, 11) is 0. The van der Waals surface area contributed by atoms with E-state index in [-0.39, 0.29) is 18.0 Å². The van der Waals surface area contributed by atoms with Crippen molar-refractivity contribution in [3.63, 3.8) is 0 Å². The summed E-state index contributed by atoms with van der Waals surface area (Å²) in [5.74, 6) is -1.33. The number of aliphatic carboxylic acids is 1. The summed E-state index contributed by atoms with van der Waals surface area (Å²) < 4.78 is 5.86. The van der Waals surface area contributed by atoms with Crippen molar-refractivity contribution in [2.75, 3.05) is 6.54 Å². The van der Waals surface area contributed by atoms with Gasteiger partial charge in [0.2, 0.25) is 5.91 Å². The van der Waals surface area contributed by atoms with Gasteiger partial charge in [-0.25, -0.2) is 4.79 Å². The van der Waals surface area contributed by atoms with Crippen molar-refractivity contribution in [2.24, 2.45) is 5.73 Å². The van der Waals surface area contributed by atoms with Crippen molar-refractivity contribution < 1.29 is 24.2 Å². The van der Waals surface area contributed by atoms with E-state index in [2.05, 4.69) is 31.3 Å². The molecule has 7 heteroatoms.